The third-order valence-electron chi connectivity index (χ3n) is 4.37. The van der Waals surface area contributed by atoms with Crippen molar-refractivity contribution in [2.75, 3.05) is 0 Å². The smallest absolute Gasteiger partial charge is 0.308 e. The molecule has 0 spiro atoms. The Bertz CT molecular complexity index is 577. The molecule has 0 radical (unpaired) electrons. The molecule has 1 aliphatic heterocycles. The molecule has 1 amide bonds. The molecule has 1 aromatic heterocycles. The van der Waals surface area contributed by atoms with E-state index in [0.717, 1.165) is 17.0 Å². The lowest BCUT2D eigenvalue weighted by Gasteiger charge is -2.42. The molecule has 1 saturated heterocycles. The highest BCUT2D eigenvalue weighted by Crippen LogP contribution is 2.40. The highest BCUT2D eigenvalue weighted by molar-refractivity contribution is 5.82. The third kappa shape index (κ3) is 2.54. The normalized spacial score (nSPS) is 23.0. The summed E-state index contributed by atoms with van der Waals surface area (Å²) in [7, 11) is 1.84. The van der Waals surface area contributed by atoms with Crippen LogP contribution in [0.15, 0.2) is 0 Å². The summed E-state index contributed by atoms with van der Waals surface area (Å²) >= 11 is 0. The lowest BCUT2D eigenvalue weighted by atomic mass is 9.82. The molecule has 6 nitrogen and oxygen atoms in total. The molecule has 1 aromatic rings. The zero-order valence-electron chi connectivity index (χ0n) is 13.3. The van der Waals surface area contributed by atoms with Gasteiger partial charge in [-0.2, -0.15) is 5.10 Å². The van der Waals surface area contributed by atoms with E-state index in [1.165, 1.54) is 0 Å². The van der Waals surface area contributed by atoms with Crippen LogP contribution >= 0.6 is 0 Å². The fourth-order valence-corrected chi connectivity index (χ4v) is 3.34. The van der Waals surface area contributed by atoms with Crippen LogP contribution in [0.25, 0.3) is 0 Å². The summed E-state index contributed by atoms with van der Waals surface area (Å²) in [5, 5.41) is 14.0. The van der Waals surface area contributed by atoms with E-state index in [1.54, 1.807) is 9.58 Å². The molecule has 0 aliphatic carbocycles. The minimum absolute atomic E-state index is 0.0233. The third-order valence-corrected chi connectivity index (χ3v) is 4.37. The van der Waals surface area contributed by atoms with Gasteiger partial charge in [0.15, 0.2) is 0 Å². The number of carbonyl (C=O) groups excluding carboxylic acids is 1. The summed E-state index contributed by atoms with van der Waals surface area (Å²) in [6.45, 7) is 7.65. The second-order valence-corrected chi connectivity index (χ2v) is 6.03. The van der Waals surface area contributed by atoms with Gasteiger partial charge in [0.05, 0.1) is 17.7 Å². The van der Waals surface area contributed by atoms with E-state index in [9.17, 15) is 14.7 Å². The molecule has 116 valence electrons. The SMILES string of the molecule is Cc1nn(C)c(C)c1C1C(C(=O)O)CCC(=O)N1C(C)C. The molecule has 1 N–H and O–H groups in total. The highest BCUT2D eigenvalue weighted by atomic mass is 16.4. The second kappa shape index (κ2) is 5.50. The van der Waals surface area contributed by atoms with Crippen molar-refractivity contribution in [1.82, 2.24) is 14.7 Å². The standard InChI is InChI=1S/C15H23N3O3/c1-8(2)18-12(19)7-6-11(15(20)21)14(18)13-9(3)16-17(5)10(13)4/h8,11,14H,6-7H2,1-5H3,(H,20,21). The van der Waals surface area contributed by atoms with Crippen molar-refractivity contribution in [3.63, 3.8) is 0 Å². The first-order valence-electron chi connectivity index (χ1n) is 7.29. The van der Waals surface area contributed by atoms with Gasteiger partial charge in [0.1, 0.15) is 0 Å². The van der Waals surface area contributed by atoms with Crippen LogP contribution in [-0.2, 0) is 16.6 Å². The van der Waals surface area contributed by atoms with Crippen LogP contribution in [0.5, 0.6) is 0 Å². The Balaban J connectivity index is 2.59. The number of aromatic nitrogens is 2. The minimum Gasteiger partial charge on any atom is -0.481 e. The van der Waals surface area contributed by atoms with E-state index in [4.69, 9.17) is 0 Å². The van der Waals surface area contributed by atoms with E-state index < -0.39 is 17.9 Å². The van der Waals surface area contributed by atoms with Gasteiger partial charge in [-0.25, -0.2) is 0 Å². The molecule has 0 saturated carbocycles. The lowest BCUT2D eigenvalue weighted by Crippen LogP contribution is -2.48. The Morgan fingerprint density at radius 1 is 1.38 bits per heavy atom. The fourth-order valence-electron chi connectivity index (χ4n) is 3.34. The maximum Gasteiger partial charge on any atom is 0.308 e. The summed E-state index contributed by atoms with van der Waals surface area (Å²) in [5.41, 5.74) is 2.60. The van der Waals surface area contributed by atoms with Crippen molar-refractivity contribution in [2.24, 2.45) is 13.0 Å². The maximum absolute atomic E-state index is 12.3. The molecule has 1 aliphatic rings. The molecular formula is C15H23N3O3. The van der Waals surface area contributed by atoms with Crippen LogP contribution in [0.4, 0.5) is 0 Å². The van der Waals surface area contributed by atoms with Crippen molar-refractivity contribution in [2.45, 2.75) is 52.6 Å². The molecule has 2 heterocycles. The van der Waals surface area contributed by atoms with Crippen LogP contribution in [0.1, 0.15) is 49.7 Å². The van der Waals surface area contributed by atoms with E-state index in [2.05, 4.69) is 5.10 Å². The van der Waals surface area contributed by atoms with Gasteiger partial charge in [-0.05, 0) is 34.1 Å². The largest absolute Gasteiger partial charge is 0.481 e. The van der Waals surface area contributed by atoms with Gasteiger partial charge < -0.3 is 10.0 Å². The number of piperidine rings is 1. The summed E-state index contributed by atoms with van der Waals surface area (Å²) in [5.74, 6) is -1.40. The van der Waals surface area contributed by atoms with E-state index in [0.29, 0.717) is 12.8 Å². The number of carboxylic acid groups (broad SMARTS) is 1. The highest BCUT2D eigenvalue weighted by Gasteiger charge is 2.43. The van der Waals surface area contributed by atoms with Crippen LogP contribution in [-0.4, -0.2) is 37.7 Å². The topological polar surface area (TPSA) is 75.4 Å². The van der Waals surface area contributed by atoms with E-state index in [1.807, 2.05) is 34.7 Å². The number of carboxylic acids is 1. The number of rotatable bonds is 3. The molecule has 2 rings (SSSR count). The fraction of sp³-hybridized carbons (Fsp3) is 0.667. The Kier molecular flexibility index (Phi) is 4.07. The average molecular weight is 293 g/mol. The monoisotopic (exact) mass is 293 g/mol. The van der Waals surface area contributed by atoms with Crippen LogP contribution in [0.3, 0.4) is 0 Å². The summed E-state index contributed by atoms with van der Waals surface area (Å²) in [4.78, 5) is 25.7. The lowest BCUT2D eigenvalue weighted by molar-refractivity contribution is -0.153. The Morgan fingerprint density at radius 2 is 2.00 bits per heavy atom. The number of likely N-dealkylation sites (tertiary alicyclic amines) is 1. The Hall–Kier alpha value is -1.85. The quantitative estimate of drug-likeness (QED) is 0.922. The van der Waals surface area contributed by atoms with Crippen LogP contribution in [0.2, 0.25) is 0 Å². The van der Waals surface area contributed by atoms with Crippen molar-refractivity contribution >= 4 is 11.9 Å². The predicted molar refractivity (Wildman–Crippen MR) is 77.8 cm³/mol. The van der Waals surface area contributed by atoms with Crippen LogP contribution in [0, 0.1) is 19.8 Å². The molecule has 0 bridgehead atoms. The first-order valence-corrected chi connectivity index (χ1v) is 7.29. The Labute approximate surface area is 124 Å². The zero-order chi connectivity index (χ0) is 15.9. The number of aliphatic carboxylic acids is 1. The number of nitrogens with zero attached hydrogens (tertiary/aromatic N) is 3. The first kappa shape index (κ1) is 15.5. The van der Waals surface area contributed by atoms with Gasteiger partial charge >= 0.3 is 5.97 Å². The van der Waals surface area contributed by atoms with Gasteiger partial charge in [0.25, 0.3) is 0 Å². The molecular weight excluding hydrogens is 270 g/mol. The molecule has 2 unspecified atom stereocenters. The van der Waals surface area contributed by atoms with Gasteiger partial charge in [-0.15, -0.1) is 0 Å². The van der Waals surface area contributed by atoms with Crippen molar-refractivity contribution in [3.05, 3.63) is 17.0 Å². The van der Waals surface area contributed by atoms with Crippen molar-refractivity contribution in [3.8, 4) is 0 Å². The summed E-state index contributed by atoms with van der Waals surface area (Å²) in [6.07, 6.45) is 0.680. The predicted octanol–water partition coefficient (Wildman–Crippen LogP) is 1.81. The van der Waals surface area contributed by atoms with Crippen molar-refractivity contribution < 1.29 is 14.7 Å². The number of hydrogen-bond acceptors (Lipinski definition) is 3. The average Bonchev–Trinajstić information content (AvgIpc) is 2.61. The number of aryl methyl sites for hydroxylation is 2. The van der Waals surface area contributed by atoms with Gasteiger partial charge in [-0.3, -0.25) is 14.3 Å². The second-order valence-electron chi connectivity index (χ2n) is 6.03. The molecule has 1 fully saturated rings. The van der Waals surface area contributed by atoms with Gasteiger partial charge in [-0.1, -0.05) is 0 Å². The number of carbonyl (C=O) groups is 2. The van der Waals surface area contributed by atoms with Crippen LogP contribution < -0.4 is 0 Å². The van der Waals surface area contributed by atoms with Gasteiger partial charge in [0, 0.05) is 30.8 Å². The minimum atomic E-state index is -0.846. The molecule has 2 atom stereocenters. The van der Waals surface area contributed by atoms with Gasteiger partial charge in [0.2, 0.25) is 5.91 Å². The Morgan fingerprint density at radius 3 is 2.43 bits per heavy atom. The first-order chi connectivity index (χ1) is 9.75. The zero-order valence-corrected chi connectivity index (χ0v) is 13.3. The summed E-state index contributed by atoms with van der Waals surface area (Å²) < 4.78 is 1.75. The van der Waals surface area contributed by atoms with Crippen molar-refractivity contribution in [1.29, 1.82) is 0 Å². The molecule has 21 heavy (non-hydrogen) atoms. The van der Waals surface area contributed by atoms with E-state index in [-0.39, 0.29) is 11.9 Å². The molecule has 0 aromatic carbocycles. The summed E-state index contributed by atoms with van der Waals surface area (Å²) in [6, 6.07) is -0.471. The number of hydrogen-bond donors (Lipinski definition) is 1. The maximum atomic E-state index is 12.3. The number of amides is 1. The van der Waals surface area contributed by atoms with E-state index >= 15 is 0 Å². The molecule has 6 heteroatoms.